The molecule has 3 nitrogen and oxygen atoms in total. The van der Waals surface area contributed by atoms with Gasteiger partial charge in [-0.3, -0.25) is 4.79 Å². The summed E-state index contributed by atoms with van der Waals surface area (Å²) in [5.74, 6) is -0.0265. The first-order chi connectivity index (χ1) is 9.27. The second-order valence-corrected chi connectivity index (χ2v) is 4.64. The molecular formula is C16H11ClN2O. The highest BCUT2D eigenvalue weighted by atomic mass is 35.5. The Labute approximate surface area is 121 Å². The summed E-state index contributed by atoms with van der Waals surface area (Å²) in [5.41, 5.74) is 10.3. The molecule has 4 heteroatoms. The van der Waals surface area contributed by atoms with Crippen molar-refractivity contribution in [3.8, 4) is 11.3 Å². The summed E-state index contributed by atoms with van der Waals surface area (Å²) in [7, 11) is 0. The molecule has 98 valence electrons. The molecule has 0 unspecified atom stereocenters. The first kappa shape index (κ1) is 12.6. The van der Waals surface area contributed by atoms with E-state index in [2.05, 4.69) is 4.98 Å². The van der Waals surface area contributed by atoms with Gasteiger partial charge in [-0.25, -0.2) is 4.98 Å². The minimum atomic E-state index is -0.0265. The standard InChI is InChI=1S/C16H10N2O.ClH/c17-14-11-7-3-4-8-12(11)18-15-9-5-1-2-6-10(9)16(19)13(14)15;/h1-8H,(H2,17,18);1H. The summed E-state index contributed by atoms with van der Waals surface area (Å²) < 4.78 is 0. The monoisotopic (exact) mass is 282 g/mol. The van der Waals surface area contributed by atoms with Crippen LogP contribution in [0.1, 0.15) is 15.9 Å². The Bertz CT molecular complexity index is 858. The Balaban J connectivity index is 0.00000121. The van der Waals surface area contributed by atoms with Gasteiger partial charge >= 0.3 is 0 Å². The normalized spacial score (nSPS) is 11.9. The van der Waals surface area contributed by atoms with Crippen molar-refractivity contribution in [2.45, 2.75) is 0 Å². The van der Waals surface area contributed by atoms with Gasteiger partial charge < -0.3 is 5.73 Å². The quantitative estimate of drug-likeness (QED) is 0.537. The number of nitrogens with two attached hydrogens (primary N) is 1. The SMILES string of the molecule is Cl.Nc1c2c(nc3ccccc13)-c1ccccc1C2=O. The second kappa shape index (κ2) is 4.32. The maximum Gasteiger partial charge on any atom is 0.198 e. The number of nitrogen functional groups attached to an aromatic ring is 1. The molecule has 0 saturated heterocycles. The molecule has 2 aromatic carbocycles. The van der Waals surface area contributed by atoms with Crippen LogP contribution < -0.4 is 5.73 Å². The molecular weight excluding hydrogens is 272 g/mol. The van der Waals surface area contributed by atoms with Gasteiger partial charge in [0, 0.05) is 16.5 Å². The molecule has 2 N–H and O–H groups in total. The zero-order valence-electron chi connectivity index (χ0n) is 10.5. The maximum atomic E-state index is 12.4. The third-order valence-electron chi connectivity index (χ3n) is 3.59. The van der Waals surface area contributed by atoms with Crippen molar-refractivity contribution in [2.24, 2.45) is 0 Å². The van der Waals surface area contributed by atoms with E-state index in [1.54, 1.807) is 0 Å². The average Bonchev–Trinajstić information content (AvgIpc) is 2.74. The number of halogens is 1. The Hall–Kier alpha value is -2.39. The lowest BCUT2D eigenvalue weighted by molar-refractivity contribution is 0.104. The van der Waals surface area contributed by atoms with E-state index >= 15 is 0 Å². The van der Waals surface area contributed by atoms with Gasteiger partial charge in [0.15, 0.2) is 5.78 Å². The van der Waals surface area contributed by atoms with Crippen molar-refractivity contribution < 1.29 is 4.79 Å². The predicted octanol–water partition coefficient (Wildman–Crippen LogP) is 3.45. The lowest BCUT2D eigenvalue weighted by Gasteiger charge is -2.06. The number of hydrogen-bond donors (Lipinski definition) is 1. The van der Waals surface area contributed by atoms with E-state index in [0.29, 0.717) is 22.5 Å². The number of benzene rings is 2. The fourth-order valence-corrected chi connectivity index (χ4v) is 2.68. The van der Waals surface area contributed by atoms with E-state index in [1.165, 1.54) is 0 Å². The molecule has 4 rings (SSSR count). The number of carbonyl (C=O) groups excluding carboxylic acids is 1. The summed E-state index contributed by atoms with van der Waals surface area (Å²) >= 11 is 0. The fraction of sp³-hybridized carbons (Fsp3) is 0. The van der Waals surface area contributed by atoms with Crippen molar-refractivity contribution in [3.05, 3.63) is 59.7 Å². The topological polar surface area (TPSA) is 56.0 Å². The molecule has 3 aromatic rings. The van der Waals surface area contributed by atoms with Crippen LogP contribution in [0.25, 0.3) is 22.2 Å². The summed E-state index contributed by atoms with van der Waals surface area (Å²) in [6, 6.07) is 15.1. The molecule has 0 atom stereocenters. The summed E-state index contributed by atoms with van der Waals surface area (Å²) in [6.45, 7) is 0. The molecule has 0 spiro atoms. The molecule has 1 aromatic heterocycles. The molecule has 1 heterocycles. The summed E-state index contributed by atoms with van der Waals surface area (Å²) in [4.78, 5) is 17.0. The Morgan fingerprint density at radius 2 is 1.55 bits per heavy atom. The number of rotatable bonds is 0. The summed E-state index contributed by atoms with van der Waals surface area (Å²) in [6.07, 6.45) is 0. The Morgan fingerprint density at radius 1 is 0.900 bits per heavy atom. The number of para-hydroxylation sites is 1. The number of nitrogens with zero attached hydrogens (tertiary/aromatic N) is 1. The van der Waals surface area contributed by atoms with E-state index in [-0.39, 0.29) is 18.2 Å². The van der Waals surface area contributed by atoms with Gasteiger partial charge in [-0.15, -0.1) is 12.4 Å². The number of fused-ring (bicyclic) bond motifs is 4. The third-order valence-corrected chi connectivity index (χ3v) is 3.59. The van der Waals surface area contributed by atoms with Gasteiger partial charge in [0.05, 0.1) is 22.5 Å². The van der Waals surface area contributed by atoms with E-state index in [1.807, 2.05) is 48.5 Å². The van der Waals surface area contributed by atoms with Gasteiger partial charge in [0.2, 0.25) is 0 Å². The van der Waals surface area contributed by atoms with Gasteiger partial charge in [-0.1, -0.05) is 42.5 Å². The molecule has 0 aliphatic heterocycles. The van der Waals surface area contributed by atoms with Crippen LogP contribution in [0.2, 0.25) is 0 Å². The number of carbonyl (C=O) groups is 1. The number of aromatic nitrogens is 1. The highest BCUT2D eigenvalue weighted by Gasteiger charge is 2.30. The van der Waals surface area contributed by atoms with E-state index in [4.69, 9.17) is 5.73 Å². The van der Waals surface area contributed by atoms with Crippen LogP contribution in [0.3, 0.4) is 0 Å². The van der Waals surface area contributed by atoms with Crippen molar-refractivity contribution in [1.82, 2.24) is 4.98 Å². The Kier molecular flexibility index (Phi) is 2.73. The fourth-order valence-electron chi connectivity index (χ4n) is 2.68. The smallest absolute Gasteiger partial charge is 0.198 e. The van der Waals surface area contributed by atoms with Crippen LogP contribution in [-0.4, -0.2) is 10.8 Å². The largest absolute Gasteiger partial charge is 0.398 e. The van der Waals surface area contributed by atoms with Crippen molar-refractivity contribution in [2.75, 3.05) is 5.73 Å². The first-order valence-corrected chi connectivity index (χ1v) is 6.09. The number of ketones is 1. The molecule has 1 aliphatic carbocycles. The number of hydrogen-bond acceptors (Lipinski definition) is 3. The second-order valence-electron chi connectivity index (χ2n) is 4.64. The molecule has 20 heavy (non-hydrogen) atoms. The van der Waals surface area contributed by atoms with Crippen molar-refractivity contribution >= 4 is 34.8 Å². The Morgan fingerprint density at radius 3 is 2.35 bits per heavy atom. The predicted molar refractivity (Wildman–Crippen MR) is 82.3 cm³/mol. The van der Waals surface area contributed by atoms with Gasteiger partial charge in [0.1, 0.15) is 0 Å². The summed E-state index contributed by atoms with van der Waals surface area (Å²) in [5, 5.41) is 0.836. The molecule has 0 bridgehead atoms. The van der Waals surface area contributed by atoms with Crippen LogP contribution in [0.15, 0.2) is 48.5 Å². The lowest BCUT2D eigenvalue weighted by atomic mass is 10.1. The van der Waals surface area contributed by atoms with E-state index < -0.39 is 0 Å². The van der Waals surface area contributed by atoms with Gasteiger partial charge in [-0.05, 0) is 6.07 Å². The van der Waals surface area contributed by atoms with E-state index in [0.717, 1.165) is 16.5 Å². The van der Waals surface area contributed by atoms with Crippen LogP contribution >= 0.6 is 12.4 Å². The zero-order valence-corrected chi connectivity index (χ0v) is 11.3. The number of anilines is 1. The van der Waals surface area contributed by atoms with Crippen LogP contribution in [0.5, 0.6) is 0 Å². The molecule has 0 saturated carbocycles. The van der Waals surface area contributed by atoms with Crippen LogP contribution in [0, 0.1) is 0 Å². The molecule has 0 fully saturated rings. The van der Waals surface area contributed by atoms with Crippen molar-refractivity contribution in [1.29, 1.82) is 0 Å². The highest BCUT2D eigenvalue weighted by Crippen LogP contribution is 2.40. The first-order valence-electron chi connectivity index (χ1n) is 6.09. The molecule has 0 amide bonds. The minimum absolute atomic E-state index is 0. The van der Waals surface area contributed by atoms with Crippen LogP contribution in [-0.2, 0) is 0 Å². The molecule has 0 radical (unpaired) electrons. The highest BCUT2D eigenvalue weighted by molar-refractivity contribution is 6.26. The van der Waals surface area contributed by atoms with E-state index in [9.17, 15) is 4.79 Å². The minimum Gasteiger partial charge on any atom is -0.398 e. The van der Waals surface area contributed by atoms with Gasteiger partial charge in [-0.2, -0.15) is 0 Å². The third kappa shape index (κ3) is 1.47. The maximum absolute atomic E-state index is 12.4. The van der Waals surface area contributed by atoms with Crippen LogP contribution in [0.4, 0.5) is 5.69 Å². The average molecular weight is 283 g/mol. The molecule has 1 aliphatic rings. The van der Waals surface area contributed by atoms with Crippen molar-refractivity contribution in [3.63, 3.8) is 0 Å². The zero-order chi connectivity index (χ0) is 13.0. The van der Waals surface area contributed by atoms with Gasteiger partial charge in [0.25, 0.3) is 0 Å². The number of pyridine rings is 1. The lowest BCUT2D eigenvalue weighted by Crippen LogP contribution is -2.02.